The van der Waals surface area contributed by atoms with E-state index in [9.17, 15) is 5.11 Å². The van der Waals surface area contributed by atoms with Crippen molar-refractivity contribution in [3.8, 4) is 5.75 Å². The van der Waals surface area contributed by atoms with Crippen molar-refractivity contribution in [2.75, 3.05) is 6.54 Å². The summed E-state index contributed by atoms with van der Waals surface area (Å²) in [5, 5.41) is 13.1. The van der Waals surface area contributed by atoms with Gasteiger partial charge in [-0.3, -0.25) is 0 Å². The summed E-state index contributed by atoms with van der Waals surface area (Å²) in [6.45, 7) is 6.27. The van der Waals surface area contributed by atoms with Crippen LogP contribution in [0.3, 0.4) is 0 Å². The number of rotatable bonds is 0. The third kappa shape index (κ3) is 1.50. The van der Waals surface area contributed by atoms with Crippen LogP contribution in [-0.2, 0) is 12.0 Å². The van der Waals surface area contributed by atoms with Crippen LogP contribution in [0, 0.1) is 0 Å². The first-order valence-electron chi connectivity index (χ1n) is 5.13. The predicted octanol–water partition coefficient (Wildman–Crippen LogP) is 2.16. The van der Waals surface area contributed by atoms with E-state index >= 15 is 0 Å². The number of benzene rings is 1. The minimum Gasteiger partial charge on any atom is -0.508 e. The van der Waals surface area contributed by atoms with Crippen molar-refractivity contribution >= 4 is 0 Å². The highest BCUT2D eigenvalue weighted by Gasteiger charge is 2.26. The maximum atomic E-state index is 9.77. The van der Waals surface area contributed by atoms with E-state index in [1.54, 1.807) is 6.07 Å². The molecule has 1 aliphatic rings. The zero-order valence-corrected chi connectivity index (χ0v) is 8.80. The van der Waals surface area contributed by atoms with Gasteiger partial charge in [0.25, 0.3) is 0 Å². The van der Waals surface area contributed by atoms with Crippen molar-refractivity contribution < 1.29 is 5.11 Å². The molecule has 0 aromatic heterocycles. The maximum absolute atomic E-state index is 9.77. The van der Waals surface area contributed by atoms with E-state index in [2.05, 4.69) is 25.2 Å². The fourth-order valence-electron chi connectivity index (χ4n) is 2.14. The van der Waals surface area contributed by atoms with Crippen LogP contribution in [0.4, 0.5) is 0 Å². The number of hydrogen-bond acceptors (Lipinski definition) is 2. The van der Waals surface area contributed by atoms with Crippen LogP contribution < -0.4 is 5.32 Å². The average molecular weight is 191 g/mol. The molecular weight excluding hydrogens is 174 g/mol. The molecule has 0 amide bonds. The highest BCUT2D eigenvalue weighted by Crippen LogP contribution is 2.35. The normalized spacial score (nSPS) is 19.9. The number of fused-ring (bicyclic) bond motifs is 1. The lowest BCUT2D eigenvalue weighted by molar-refractivity contribution is 0.460. The summed E-state index contributed by atoms with van der Waals surface area (Å²) in [7, 11) is 0. The number of phenolic OH excluding ortho intramolecular Hbond substituents is 1. The molecule has 2 N–H and O–H groups in total. The number of hydrogen-bond donors (Lipinski definition) is 2. The molecule has 0 fully saturated rings. The first kappa shape index (κ1) is 9.53. The third-order valence-corrected chi connectivity index (χ3v) is 3.11. The smallest absolute Gasteiger partial charge is 0.120 e. The SMILES string of the molecule is CC1(C)CCNCc2c(O)cccc21. The maximum Gasteiger partial charge on any atom is 0.120 e. The van der Waals surface area contributed by atoms with E-state index in [4.69, 9.17) is 0 Å². The molecule has 1 heterocycles. The number of phenols is 1. The Morgan fingerprint density at radius 1 is 1.36 bits per heavy atom. The van der Waals surface area contributed by atoms with Gasteiger partial charge in [0, 0.05) is 12.1 Å². The quantitative estimate of drug-likeness (QED) is 0.658. The van der Waals surface area contributed by atoms with Crippen molar-refractivity contribution in [2.24, 2.45) is 0 Å². The Bertz CT molecular complexity index is 344. The van der Waals surface area contributed by atoms with E-state index in [0.717, 1.165) is 25.1 Å². The zero-order chi connectivity index (χ0) is 10.2. The summed E-state index contributed by atoms with van der Waals surface area (Å²) in [5.74, 6) is 0.421. The first-order chi connectivity index (χ1) is 6.61. The Labute approximate surface area is 85.0 Å². The highest BCUT2D eigenvalue weighted by atomic mass is 16.3. The summed E-state index contributed by atoms with van der Waals surface area (Å²) in [6, 6.07) is 5.82. The van der Waals surface area contributed by atoms with Crippen LogP contribution >= 0.6 is 0 Å². The molecule has 0 radical (unpaired) electrons. The standard InChI is InChI=1S/C12H17NO/c1-12(2)6-7-13-8-9-10(12)4-3-5-11(9)14/h3-5,13-14H,6-8H2,1-2H3. The molecule has 0 spiro atoms. The Kier molecular flexibility index (Phi) is 2.23. The van der Waals surface area contributed by atoms with Gasteiger partial charge in [0.2, 0.25) is 0 Å². The number of aromatic hydroxyl groups is 1. The molecule has 0 aliphatic carbocycles. The highest BCUT2D eigenvalue weighted by molar-refractivity contribution is 5.43. The van der Waals surface area contributed by atoms with Gasteiger partial charge in [-0.15, -0.1) is 0 Å². The summed E-state index contributed by atoms with van der Waals surface area (Å²) < 4.78 is 0. The molecule has 1 aromatic rings. The van der Waals surface area contributed by atoms with Crippen LogP contribution in [0.1, 0.15) is 31.4 Å². The van der Waals surface area contributed by atoms with Gasteiger partial charge in [-0.2, -0.15) is 0 Å². The third-order valence-electron chi connectivity index (χ3n) is 3.11. The Morgan fingerprint density at radius 3 is 2.93 bits per heavy atom. The molecule has 0 saturated heterocycles. The molecule has 2 nitrogen and oxygen atoms in total. The van der Waals surface area contributed by atoms with Gasteiger partial charge in [-0.05, 0) is 30.0 Å². The fraction of sp³-hybridized carbons (Fsp3) is 0.500. The second kappa shape index (κ2) is 3.28. The van der Waals surface area contributed by atoms with Crippen molar-refractivity contribution in [1.82, 2.24) is 5.32 Å². The summed E-state index contributed by atoms with van der Waals surface area (Å²) in [4.78, 5) is 0. The van der Waals surface area contributed by atoms with E-state index in [1.807, 2.05) is 6.07 Å². The Morgan fingerprint density at radius 2 is 2.14 bits per heavy atom. The zero-order valence-electron chi connectivity index (χ0n) is 8.80. The molecule has 14 heavy (non-hydrogen) atoms. The lowest BCUT2D eigenvalue weighted by atomic mass is 9.80. The molecule has 1 aromatic carbocycles. The lowest BCUT2D eigenvalue weighted by Crippen LogP contribution is -2.20. The molecule has 0 atom stereocenters. The fourth-order valence-corrected chi connectivity index (χ4v) is 2.14. The molecule has 2 heteroatoms. The molecule has 1 aliphatic heterocycles. The van der Waals surface area contributed by atoms with Crippen molar-refractivity contribution in [2.45, 2.75) is 32.2 Å². The van der Waals surface area contributed by atoms with Gasteiger partial charge in [0.15, 0.2) is 0 Å². The van der Waals surface area contributed by atoms with E-state index < -0.39 is 0 Å². The second-order valence-corrected chi connectivity index (χ2v) is 4.61. The van der Waals surface area contributed by atoms with Gasteiger partial charge in [-0.25, -0.2) is 0 Å². The van der Waals surface area contributed by atoms with Crippen molar-refractivity contribution in [3.63, 3.8) is 0 Å². The molecule has 0 saturated carbocycles. The van der Waals surface area contributed by atoms with Crippen LogP contribution in [0.2, 0.25) is 0 Å². The van der Waals surface area contributed by atoms with E-state index in [-0.39, 0.29) is 5.41 Å². The van der Waals surface area contributed by atoms with Crippen LogP contribution in [0.15, 0.2) is 18.2 Å². The van der Waals surface area contributed by atoms with Crippen LogP contribution in [0.5, 0.6) is 5.75 Å². The van der Waals surface area contributed by atoms with Crippen LogP contribution in [0.25, 0.3) is 0 Å². The Balaban J connectivity index is 2.56. The molecule has 0 unspecified atom stereocenters. The largest absolute Gasteiger partial charge is 0.508 e. The van der Waals surface area contributed by atoms with Crippen LogP contribution in [-0.4, -0.2) is 11.7 Å². The second-order valence-electron chi connectivity index (χ2n) is 4.61. The van der Waals surface area contributed by atoms with E-state index in [1.165, 1.54) is 5.56 Å². The summed E-state index contributed by atoms with van der Waals surface area (Å²) in [5.41, 5.74) is 2.51. The van der Waals surface area contributed by atoms with Gasteiger partial charge in [-0.1, -0.05) is 26.0 Å². The minimum absolute atomic E-state index is 0.164. The van der Waals surface area contributed by atoms with Gasteiger partial charge in [0.05, 0.1) is 0 Å². The molecule has 2 rings (SSSR count). The van der Waals surface area contributed by atoms with E-state index in [0.29, 0.717) is 5.75 Å². The molecular formula is C12H17NO. The van der Waals surface area contributed by atoms with Gasteiger partial charge >= 0.3 is 0 Å². The first-order valence-corrected chi connectivity index (χ1v) is 5.13. The predicted molar refractivity (Wildman–Crippen MR) is 57.5 cm³/mol. The van der Waals surface area contributed by atoms with Gasteiger partial charge < -0.3 is 10.4 Å². The summed E-state index contributed by atoms with van der Waals surface area (Å²) >= 11 is 0. The monoisotopic (exact) mass is 191 g/mol. The topological polar surface area (TPSA) is 32.3 Å². The molecule has 76 valence electrons. The lowest BCUT2D eigenvalue weighted by Gasteiger charge is -2.25. The van der Waals surface area contributed by atoms with Gasteiger partial charge in [0.1, 0.15) is 5.75 Å². The minimum atomic E-state index is 0.164. The van der Waals surface area contributed by atoms with Crippen molar-refractivity contribution in [3.05, 3.63) is 29.3 Å². The molecule has 0 bridgehead atoms. The average Bonchev–Trinajstić information content (AvgIpc) is 2.27. The Hall–Kier alpha value is -1.02. The number of nitrogens with one attached hydrogen (secondary N) is 1. The summed E-state index contributed by atoms with van der Waals surface area (Å²) in [6.07, 6.45) is 1.11. The van der Waals surface area contributed by atoms with Crippen molar-refractivity contribution in [1.29, 1.82) is 0 Å².